The molecule has 0 atom stereocenters. The largest absolute Gasteiger partial charge is 0.355 e. The fourth-order valence-corrected chi connectivity index (χ4v) is 2.33. The number of nitrogens with one attached hydrogen (secondary N) is 1. The molecule has 0 aliphatic heterocycles. The van der Waals surface area contributed by atoms with Crippen LogP contribution >= 0.6 is 0 Å². The minimum atomic E-state index is -0.148. The first-order chi connectivity index (χ1) is 8.21. The van der Waals surface area contributed by atoms with E-state index in [0.29, 0.717) is 6.54 Å². The van der Waals surface area contributed by atoms with Gasteiger partial charge in [0.25, 0.3) is 0 Å². The van der Waals surface area contributed by atoms with E-state index in [0.717, 1.165) is 31.2 Å². The molecule has 17 heavy (non-hydrogen) atoms. The van der Waals surface area contributed by atoms with Crippen molar-refractivity contribution >= 4 is 5.91 Å². The van der Waals surface area contributed by atoms with Gasteiger partial charge in [0.2, 0.25) is 5.91 Å². The zero-order valence-electron chi connectivity index (χ0n) is 9.71. The lowest BCUT2D eigenvalue weighted by atomic mass is 9.95. The average molecular weight is 233 g/mol. The van der Waals surface area contributed by atoms with E-state index in [1.165, 1.54) is 6.07 Å². The quantitative estimate of drug-likeness (QED) is 0.850. The van der Waals surface area contributed by atoms with Crippen LogP contribution in [0.4, 0.5) is 4.39 Å². The van der Waals surface area contributed by atoms with Gasteiger partial charge >= 0.3 is 0 Å². The number of carbonyl (C=O) groups excluding carboxylic acids is 1. The molecule has 1 aromatic rings. The minimum Gasteiger partial charge on any atom is -0.355 e. The van der Waals surface area contributed by atoms with Gasteiger partial charge in [-0.1, -0.05) is 18.2 Å². The standard InChI is InChI=1S/C14H16FNO/c15-12-4-2-1-3-11(12)14(7-8-14)9-16-13(17)10-5-6-10/h1-4,10H,5-9H2,(H,16,17). The maximum atomic E-state index is 13.7. The summed E-state index contributed by atoms with van der Waals surface area (Å²) in [5.41, 5.74) is 0.631. The number of hydrogen-bond acceptors (Lipinski definition) is 1. The number of hydrogen-bond donors (Lipinski definition) is 1. The molecule has 0 unspecified atom stereocenters. The minimum absolute atomic E-state index is 0.129. The van der Waals surface area contributed by atoms with Crippen molar-refractivity contribution in [2.24, 2.45) is 5.92 Å². The summed E-state index contributed by atoms with van der Waals surface area (Å²) in [5, 5.41) is 2.97. The van der Waals surface area contributed by atoms with Crippen LogP contribution in [0.3, 0.4) is 0 Å². The Morgan fingerprint density at radius 3 is 2.65 bits per heavy atom. The predicted molar refractivity (Wildman–Crippen MR) is 63.0 cm³/mol. The van der Waals surface area contributed by atoms with E-state index >= 15 is 0 Å². The van der Waals surface area contributed by atoms with E-state index in [1.807, 2.05) is 12.1 Å². The summed E-state index contributed by atoms with van der Waals surface area (Å²) in [6, 6.07) is 6.91. The van der Waals surface area contributed by atoms with Crippen LogP contribution in [-0.4, -0.2) is 12.5 Å². The third-order valence-corrected chi connectivity index (χ3v) is 3.85. The molecule has 1 amide bonds. The second kappa shape index (κ2) is 3.83. The summed E-state index contributed by atoms with van der Waals surface area (Å²) in [6.45, 7) is 0.587. The Kier molecular flexibility index (Phi) is 2.42. The summed E-state index contributed by atoms with van der Waals surface area (Å²) in [6.07, 6.45) is 3.97. The Bertz CT molecular complexity index is 449. The van der Waals surface area contributed by atoms with Gasteiger partial charge in [0.05, 0.1) is 0 Å². The van der Waals surface area contributed by atoms with Crippen LogP contribution in [0.2, 0.25) is 0 Å². The Labute approximate surface area is 100 Å². The summed E-state index contributed by atoms with van der Waals surface area (Å²) in [7, 11) is 0. The van der Waals surface area contributed by atoms with Gasteiger partial charge in [-0.2, -0.15) is 0 Å². The number of amides is 1. The Morgan fingerprint density at radius 1 is 1.35 bits per heavy atom. The Morgan fingerprint density at radius 2 is 2.06 bits per heavy atom. The summed E-state index contributed by atoms with van der Waals surface area (Å²) in [4.78, 5) is 11.6. The molecule has 3 heteroatoms. The molecule has 2 fully saturated rings. The molecule has 3 rings (SSSR count). The number of carbonyl (C=O) groups is 1. The van der Waals surface area contributed by atoms with Gasteiger partial charge in [-0.15, -0.1) is 0 Å². The first-order valence-electron chi connectivity index (χ1n) is 6.24. The van der Waals surface area contributed by atoms with Crippen LogP contribution in [0.15, 0.2) is 24.3 Å². The average Bonchev–Trinajstić information content (AvgIpc) is 3.20. The van der Waals surface area contributed by atoms with Gasteiger partial charge in [0.15, 0.2) is 0 Å². The van der Waals surface area contributed by atoms with Crippen molar-refractivity contribution < 1.29 is 9.18 Å². The van der Waals surface area contributed by atoms with Crippen molar-refractivity contribution in [1.82, 2.24) is 5.32 Å². The van der Waals surface area contributed by atoms with Crippen LogP contribution in [-0.2, 0) is 10.2 Å². The molecular formula is C14H16FNO. The fraction of sp³-hybridized carbons (Fsp3) is 0.500. The first-order valence-corrected chi connectivity index (χ1v) is 6.24. The van der Waals surface area contributed by atoms with E-state index in [2.05, 4.69) is 5.32 Å². The zero-order valence-corrected chi connectivity index (χ0v) is 9.71. The topological polar surface area (TPSA) is 29.1 Å². The van der Waals surface area contributed by atoms with Crippen molar-refractivity contribution in [1.29, 1.82) is 0 Å². The molecule has 0 radical (unpaired) electrons. The Hall–Kier alpha value is -1.38. The van der Waals surface area contributed by atoms with Crippen LogP contribution in [0.1, 0.15) is 31.2 Å². The number of benzene rings is 1. The van der Waals surface area contributed by atoms with Crippen LogP contribution in [0.5, 0.6) is 0 Å². The highest BCUT2D eigenvalue weighted by Crippen LogP contribution is 2.48. The van der Waals surface area contributed by atoms with E-state index in [4.69, 9.17) is 0 Å². The summed E-state index contributed by atoms with van der Waals surface area (Å²) in [5.74, 6) is 0.227. The van der Waals surface area contributed by atoms with Crippen LogP contribution in [0.25, 0.3) is 0 Å². The van der Waals surface area contributed by atoms with E-state index in [-0.39, 0.29) is 23.1 Å². The van der Waals surface area contributed by atoms with Gasteiger partial charge in [0.1, 0.15) is 5.82 Å². The summed E-state index contributed by atoms with van der Waals surface area (Å²) >= 11 is 0. The molecule has 0 bridgehead atoms. The van der Waals surface area contributed by atoms with Gasteiger partial charge in [-0.3, -0.25) is 4.79 Å². The molecular weight excluding hydrogens is 217 g/mol. The third-order valence-electron chi connectivity index (χ3n) is 3.85. The first kappa shape index (κ1) is 10.8. The van der Waals surface area contributed by atoms with Crippen LogP contribution < -0.4 is 5.32 Å². The van der Waals surface area contributed by atoms with E-state index in [1.54, 1.807) is 6.07 Å². The number of rotatable bonds is 4. The maximum absolute atomic E-state index is 13.7. The van der Waals surface area contributed by atoms with Gasteiger partial charge in [-0.05, 0) is 37.3 Å². The molecule has 2 aliphatic carbocycles. The van der Waals surface area contributed by atoms with Gasteiger partial charge in [-0.25, -0.2) is 4.39 Å². The van der Waals surface area contributed by atoms with E-state index < -0.39 is 0 Å². The lowest BCUT2D eigenvalue weighted by molar-refractivity contribution is -0.122. The van der Waals surface area contributed by atoms with Crippen molar-refractivity contribution in [2.75, 3.05) is 6.54 Å². The molecule has 90 valence electrons. The lowest BCUT2D eigenvalue weighted by Crippen LogP contribution is -2.33. The molecule has 0 heterocycles. The summed E-state index contributed by atoms with van der Waals surface area (Å²) < 4.78 is 13.7. The van der Waals surface area contributed by atoms with Crippen molar-refractivity contribution in [3.8, 4) is 0 Å². The zero-order chi connectivity index (χ0) is 11.9. The normalized spacial score (nSPS) is 21.0. The third kappa shape index (κ3) is 2.06. The highest BCUT2D eigenvalue weighted by molar-refractivity contribution is 5.81. The lowest BCUT2D eigenvalue weighted by Gasteiger charge is -2.17. The Balaban J connectivity index is 1.69. The second-order valence-electron chi connectivity index (χ2n) is 5.25. The highest BCUT2D eigenvalue weighted by Gasteiger charge is 2.46. The van der Waals surface area contributed by atoms with Gasteiger partial charge < -0.3 is 5.32 Å². The molecule has 2 aliphatic rings. The monoisotopic (exact) mass is 233 g/mol. The molecule has 0 aromatic heterocycles. The van der Waals surface area contributed by atoms with Crippen LogP contribution in [0, 0.1) is 11.7 Å². The van der Waals surface area contributed by atoms with Crippen molar-refractivity contribution in [3.05, 3.63) is 35.6 Å². The second-order valence-corrected chi connectivity index (χ2v) is 5.25. The molecule has 0 spiro atoms. The molecule has 1 aromatic carbocycles. The van der Waals surface area contributed by atoms with Crippen molar-refractivity contribution in [3.63, 3.8) is 0 Å². The molecule has 1 N–H and O–H groups in total. The fourth-order valence-electron chi connectivity index (χ4n) is 2.33. The maximum Gasteiger partial charge on any atom is 0.223 e. The predicted octanol–water partition coefficient (Wildman–Crippen LogP) is 2.38. The van der Waals surface area contributed by atoms with E-state index in [9.17, 15) is 9.18 Å². The highest BCUT2D eigenvalue weighted by atomic mass is 19.1. The smallest absolute Gasteiger partial charge is 0.223 e. The van der Waals surface area contributed by atoms with Gasteiger partial charge in [0, 0.05) is 17.9 Å². The van der Waals surface area contributed by atoms with Crippen molar-refractivity contribution in [2.45, 2.75) is 31.1 Å². The SMILES string of the molecule is O=C(NCC1(c2ccccc2F)CC1)C1CC1. The molecule has 2 saturated carbocycles. The molecule has 2 nitrogen and oxygen atoms in total. The molecule has 0 saturated heterocycles. The number of halogens is 1.